The van der Waals surface area contributed by atoms with Gasteiger partial charge in [-0.1, -0.05) is 24.3 Å². The van der Waals surface area contributed by atoms with Crippen molar-refractivity contribution < 1.29 is 9.59 Å². The Morgan fingerprint density at radius 1 is 1.03 bits per heavy atom. The van der Waals surface area contributed by atoms with Gasteiger partial charge in [-0.3, -0.25) is 14.3 Å². The normalized spacial score (nSPS) is 17.4. The standard InChI is InChI=1S/C23H30N4O2/c1-17(28)26-13-10-19(11-14-26)15-18-3-5-20(6-4-18)16-27(21-7-8-21)23(29)22-9-12-24-25(22)2/h3-6,9,12,19,21H,7-8,10-11,13-16H2,1-2H3. The molecular formula is C23H30N4O2. The van der Waals surface area contributed by atoms with Crippen LogP contribution in [0.2, 0.25) is 0 Å². The molecule has 2 aliphatic rings. The highest BCUT2D eigenvalue weighted by molar-refractivity contribution is 5.92. The van der Waals surface area contributed by atoms with Gasteiger partial charge in [-0.2, -0.15) is 5.10 Å². The lowest BCUT2D eigenvalue weighted by Crippen LogP contribution is -2.37. The molecule has 2 fully saturated rings. The number of likely N-dealkylation sites (tertiary alicyclic amines) is 1. The van der Waals surface area contributed by atoms with Gasteiger partial charge in [0, 0.05) is 45.8 Å². The summed E-state index contributed by atoms with van der Waals surface area (Å²) in [6.45, 7) is 4.06. The first-order valence-electron chi connectivity index (χ1n) is 10.6. The molecule has 0 N–H and O–H groups in total. The number of carbonyl (C=O) groups excluding carboxylic acids is 2. The van der Waals surface area contributed by atoms with E-state index in [1.165, 1.54) is 11.1 Å². The predicted molar refractivity (Wildman–Crippen MR) is 111 cm³/mol. The maximum absolute atomic E-state index is 13.0. The van der Waals surface area contributed by atoms with Crippen LogP contribution in [0.25, 0.3) is 0 Å². The Labute approximate surface area is 172 Å². The minimum absolute atomic E-state index is 0.0637. The molecule has 1 saturated carbocycles. The first-order valence-corrected chi connectivity index (χ1v) is 10.6. The van der Waals surface area contributed by atoms with Gasteiger partial charge in [0.1, 0.15) is 5.69 Å². The van der Waals surface area contributed by atoms with E-state index in [1.54, 1.807) is 23.9 Å². The van der Waals surface area contributed by atoms with Crippen molar-refractivity contribution in [2.75, 3.05) is 13.1 Å². The fourth-order valence-electron chi connectivity index (χ4n) is 4.25. The zero-order chi connectivity index (χ0) is 20.4. The number of piperidine rings is 1. The number of carbonyl (C=O) groups is 2. The van der Waals surface area contributed by atoms with Crippen molar-refractivity contribution in [2.45, 2.75) is 51.6 Å². The van der Waals surface area contributed by atoms with Crippen LogP contribution >= 0.6 is 0 Å². The van der Waals surface area contributed by atoms with Gasteiger partial charge in [-0.15, -0.1) is 0 Å². The van der Waals surface area contributed by atoms with E-state index in [2.05, 4.69) is 29.4 Å². The lowest BCUT2D eigenvalue weighted by atomic mass is 9.90. The van der Waals surface area contributed by atoms with Crippen LogP contribution in [0, 0.1) is 5.92 Å². The monoisotopic (exact) mass is 394 g/mol. The molecule has 1 aliphatic carbocycles. The molecule has 4 rings (SSSR count). The van der Waals surface area contributed by atoms with Crippen LogP contribution in [-0.4, -0.2) is 50.5 Å². The van der Waals surface area contributed by atoms with E-state index in [1.807, 2.05) is 16.8 Å². The van der Waals surface area contributed by atoms with E-state index in [-0.39, 0.29) is 11.8 Å². The quantitative estimate of drug-likeness (QED) is 0.757. The van der Waals surface area contributed by atoms with E-state index in [0.29, 0.717) is 24.2 Å². The smallest absolute Gasteiger partial charge is 0.272 e. The lowest BCUT2D eigenvalue weighted by Gasteiger charge is -2.31. The van der Waals surface area contributed by atoms with Crippen molar-refractivity contribution in [2.24, 2.45) is 13.0 Å². The van der Waals surface area contributed by atoms with E-state index in [0.717, 1.165) is 45.2 Å². The Bertz CT molecular complexity index is 861. The Balaban J connectivity index is 1.35. The summed E-state index contributed by atoms with van der Waals surface area (Å²) < 4.78 is 1.65. The molecule has 0 bridgehead atoms. The highest BCUT2D eigenvalue weighted by Crippen LogP contribution is 2.30. The molecule has 1 aromatic heterocycles. The highest BCUT2D eigenvalue weighted by atomic mass is 16.2. The number of amides is 2. The molecule has 1 aliphatic heterocycles. The molecule has 1 saturated heterocycles. The fourth-order valence-corrected chi connectivity index (χ4v) is 4.25. The van der Waals surface area contributed by atoms with Crippen LogP contribution in [-0.2, 0) is 24.8 Å². The molecule has 2 aromatic rings. The van der Waals surface area contributed by atoms with E-state index < -0.39 is 0 Å². The third-order valence-electron chi connectivity index (χ3n) is 6.25. The molecule has 2 heterocycles. The molecule has 29 heavy (non-hydrogen) atoms. The van der Waals surface area contributed by atoms with Gasteiger partial charge >= 0.3 is 0 Å². The van der Waals surface area contributed by atoms with Crippen LogP contribution in [0.5, 0.6) is 0 Å². The predicted octanol–water partition coefficient (Wildman–Crippen LogP) is 3.03. The zero-order valence-corrected chi connectivity index (χ0v) is 17.4. The second kappa shape index (κ2) is 8.39. The number of nitrogens with zero attached hydrogens (tertiary/aromatic N) is 4. The van der Waals surface area contributed by atoms with Gasteiger partial charge in [-0.25, -0.2) is 0 Å². The van der Waals surface area contributed by atoms with Crippen molar-refractivity contribution in [3.8, 4) is 0 Å². The van der Waals surface area contributed by atoms with Crippen molar-refractivity contribution in [1.29, 1.82) is 0 Å². The summed E-state index contributed by atoms with van der Waals surface area (Å²) in [4.78, 5) is 28.4. The lowest BCUT2D eigenvalue weighted by molar-refractivity contribution is -0.130. The van der Waals surface area contributed by atoms with Crippen molar-refractivity contribution >= 4 is 11.8 Å². The number of aryl methyl sites for hydroxylation is 1. The minimum Gasteiger partial charge on any atom is -0.343 e. The van der Waals surface area contributed by atoms with Gasteiger partial charge in [0.25, 0.3) is 5.91 Å². The van der Waals surface area contributed by atoms with Crippen LogP contribution in [0.4, 0.5) is 0 Å². The van der Waals surface area contributed by atoms with Crippen LogP contribution in [0.3, 0.4) is 0 Å². The Morgan fingerprint density at radius 3 is 2.24 bits per heavy atom. The Hall–Kier alpha value is -2.63. The third kappa shape index (κ3) is 4.69. The van der Waals surface area contributed by atoms with Crippen molar-refractivity contribution in [1.82, 2.24) is 19.6 Å². The van der Waals surface area contributed by atoms with Crippen molar-refractivity contribution in [3.63, 3.8) is 0 Å². The largest absolute Gasteiger partial charge is 0.343 e. The molecule has 6 nitrogen and oxygen atoms in total. The maximum atomic E-state index is 13.0. The summed E-state index contributed by atoms with van der Waals surface area (Å²) in [5.41, 5.74) is 3.15. The van der Waals surface area contributed by atoms with Gasteiger partial charge in [-0.05, 0) is 55.2 Å². The molecular weight excluding hydrogens is 364 g/mol. The maximum Gasteiger partial charge on any atom is 0.272 e. The Morgan fingerprint density at radius 2 is 1.69 bits per heavy atom. The number of rotatable bonds is 6. The Kier molecular flexibility index (Phi) is 5.69. The van der Waals surface area contributed by atoms with Gasteiger partial charge in [0.15, 0.2) is 0 Å². The van der Waals surface area contributed by atoms with E-state index in [9.17, 15) is 9.59 Å². The summed E-state index contributed by atoms with van der Waals surface area (Å²) in [7, 11) is 1.81. The summed E-state index contributed by atoms with van der Waals surface area (Å²) in [5.74, 6) is 0.897. The molecule has 0 radical (unpaired) electrons. The topological polar surface area (TPSA) is 58.4 Å². The van der Waals surface area contributed by atoms with E-state index in [4.69, 9.17) is 0 Å². The summed E-state index contributed by atoms with van der Waals surface area (Å²) in [6, 6.07) is 10.9. The fraction of sp³-hybridized carbons (Fsp3) is 0.522. The number of hydrogen-bond acceptors (Lipinski definition) is 3. The average molecular weight is 395 g/mol. The average Bonchev–Trinajstić information content (AvgIpc) is 3.47. The molecule has 0 unspecified atom stereocenters. The van der Waals surface area contributed by atoms with Gasteiger partial charge < -0.3 is 9.80 Å². The molecule has 0 atom stereocenters. The number of aromatic nitrogens is 2. The zero-order valence-electron chi connectivity index (χ0n) is 17.4. The van der Waals surface area contributed by atoms with E-state index >= 15 is 0 Å². The molecule has 1 aromatic carbocycles. The first kappa shape index (κ1) is 19.7. The van der Waals surface area contributed by atoms with Crippen LogP contribution in [0.1, 0.15) is 54.2 Å². The number of benzene rings is 1. The second-order valence-corrected chi connectivity index (χ2v) is 8.47. The third-order valence-corrected chi connectivity index (χ3v) is 6.25. The minimum atomic E-state index is 0.0637. The highest BCUT2D eigenvalue weighted by Gasteiger charge is 2.34. The number of hydrogen-bond donors (Lipinski definition) is 0. The first-order chi connectivity index (χ1) is 14.0. The van der Waals surface area contributed by atoms with Crippen molar-refractivity contribution in [3.05, 3.63) is 53.3 Å². The molecule has 154 valence electrons. The molecule has 2 amide bonds. The van der Waals surface area contributed by atoms with Gasteiger partial charge in [0.05, 0.1) is 0 Å². The second-order valence-electron chi connectivity index (χ2n) is 8.47. The van der Waals surface area contributed by atoms with Gasteiger partial charge in [0.2, 0.25) is 5.91 Å². The van der Waals surface area contributed by atoms with Crippen LogP contribution < -0.4 is 0 Å². The summed E-state index contributed by atoms with van der Waals surface area (Å²) in [5, 5.41) is 4.14. The molecule has 6 heteroatoms. The summed E-state index contributed by atoms with van der Waals surface area (Å²) in [6.07, 6.45) is 7.06. The SMILES string of the molecule is CC(=O)N1CCC(Cc2ccc(CN(C(=O)c3ccnn3C)C3CC3)cc2)CC1. The molecule has 0 spiro atoms. The van der Waals surface area contributed by atoms with Crippen LogP contribution in [0.15, 0.2) is 36.5 Å². The summed E-state index contributed by atoms with van der Waals surface area (Å²) >= 11 is 0.